The van der Waals surface area contributed by atoms with Crippen molar-refractivity contribution in [3.63, 3.8) is 0 Å². The largest absolute Gasteiger partial charge is 0.406 e. The topological polar surface area (TPSA) is 79.9 Å². The van der Waals surface area contributed by atoms with Crippen molar-refractivity contribution < 1.29 is 9.53 Å². The van der Waals surface area contributed by atoms with E-state index in [1.807, 2.05) is 0 Å². The first-order valence-corrected chi connectivity index (χ1v) is 5.55. The minimum Gasteiger partial charge on any atom is -0.406 e. The van der Waals surface area contributed by atoms with E-state index in [-0.39, 0.29) is 11.9 Å². The summed E-state index contributed by atoms with van der Waals surface area (Å²) in [4.78, 5) is 22.8. The molecule has 0 saturated carbocycles. The second kappa shape index (κ2) is 4.14. The van der Waals surface area contributed by atoms with E-state index in [2.05, 4.69) is 20.3 Å². The van der Waals surface area contributed by atoms with Crippen molar-refractivity contribution in [1.29, 1.82) is 0 Å². The lowest BCUT2D eigenvalue weighted by Gasteiger charge is -2.08. The van der Waals surface area contributed by atoms with Crippen LogP contribution < -0.4 is 10.1 Å². The predicted octanol–water partition coefficient (Wildman–Crippen LogP) is 0.473. The Hall–Kier alpha value is -1.95. The van der Waals surface area contributed by atoms with Gasteiger partial charge in [0.25, 0.3) is 0 Å². The molecule has 0 bridgehead atoms. The smallest absolute Gasteiger partial charge is 0.317 e. The lowest BCUT2D eigenvalue weighted by Crippen LogP contribution is -2.23. The van der Waals surface area contributed by atoms with Crippen molar-refractivity contribution >= 4 is 17.0 Å². The predicted molar refractivity (Wildman–Crippen MR) is 60.5 cm³/mol. The highest BCUT2D eigenvalue weighted by Crippen LogP contribution is 2.21. The first-order chi connectivity index (χ1) is 8.34. The van der Waals surface area contributed by atoms with Crippen LogP contribution in [0.2, 0.25) is 0 Å². The van der Waals surface area contributed by atoms with E-state index < -0.39 is 0 Å². The molecule has 0 aromatic carbocycles. The molecule has 6 heteroatoms. The summed E-state index contributed by atoms with van der Waals surface area (Å²) < 4.78 is 5.32. The van der Waals surface area contributed by atoms with Gasteiger partial charge in [-0.1, -0.05) is 0 Å². The summed E-state index contributed by atoms with van der Waals surface area (Å²) in [5.74, 6) is 0.0308. The number of nitrogens with zero attached hydrogens (tertiary/aromatic N) is 2. The van der Waals surface area contributed by atoms with Crippen molar-refractivity contribution in [1.82, 2.24) is 20.3 Å². The molecular formula is C11H12N4O2. The molecule has 2 aromatic rings. The summed E-state index contributed by atoms with van der Waals surface area (Å²) in [6, 6.07) is 1.80. The Balaban J connectivity index is 1.84. The first kappa shape index (κ1) is 10.2. The molecule has 1 saturated heterocycles. The van der Waals surface area contributed by atoms with E-state index in [9.17, 15) is 4.79 Å². The average molecular weight is 232 g/mol. The molecule has 1 aliphatic heterocycles. The molecule has 2 N–H and O–H groups in total. The molecule has 3 rings (SSSR count). The van der Waals surface area contributed by atoms with Gasteiger partial charge in [-0.25, -0.2) is 9.97 Å². The Labute approximate surface area is 97.4 Å². The van der Waals surface area contributed by atoms with Crippen molar-refractivity contribution in [3.05, 3.63) is 18.6 Å². The molecule has 1 fully saturated rings. The highest BCUT2D eigenvalue weighted by atomic mass is 16.5. The third kappa shape index (κ3) is 1.87. The standard InChI is InChI=1S/C11H12N4O2/c16-11(7-1-3-12-5-7)17-10-8-2-4-13-9(8)14-6-15-10/h2,4,6-7,12H,1,3,5H2,(H,13,14,15). The Morgan fingerprint density at radius 1 is 1.47 bits per heavy atom. The molecule has 88 valence electrons. The second-order valence-corrected chi connectivity index (χ2v) is 4.03. The molecule has 1 atom stereocenters. The van der Waals surface area contributed by atoms with Crippen LogP contribution >= 0.6 is 0 Å². The van der Waals surface area contributed by atoms with Crippen LogP contribution in [0.5, 0.6) is 5.88 Å². The van der Waals surface area contributed by atoms with Crippen LogP contribution in [0.4, 0.5) is 0 Å². The number of fused-ring (bicyclic) bond motifs is 1. The van der Waals surface area contributed by atoms with Gasteiger partial charge in [0, 0.05) is 12.7 Å². The number of H-pyrrole nitrogens is 1. The highest BCUT2D eigenvalue weighted by molar-refractivity contribution is 5.84. The molecule has 0 aliphatic carbocycles. The van der Waals surface area contributed by atoms with E-state index in [0.29, 0.717) is 18.1 Å². The van der Waals surface area contributed by atoms with Gasteiger partial charge in [0.15, 0.2) is 0 Å². The maximum absolute atomic E-state index is 11.8. The molecule has 17 heavy (non-hydrogen) atoms. The van der Waals surface area contributed by atoms with Gasteiger partial charge in [0.1, 0.15) is 12.0 Å². The fourth-order valence-electron chi connectivity index (χ4n) is 1.96. The van der Waals surface area contributed by atoms with Crippen LogP contribution in [-0.2, 0) is 4.79 Å². The van der Waals surface area contributed by atoms with Crippen molar-refractivity contribution in [2.24, 2.45) is 5.92 Å². The number of hydrogen-bond acceptors (Lipinski definition) is 5. The van der Waals surface area contributed by atoms with Gasteiger partial charge >= 0.3 is 5.97 Å². The zero-order valence-electron chi connectivity index (χ0n) is 9.14. The molecule has 0 spiro atoms. The Bertz CT molecular complexity index is 545. The zero-order chi connectivity index (χ0) is 11.7. The minimum atomic E-state index is -0.226. The summed E-state index contributed by atoms with van der Waals surface area (Å²) in [6.07, 6.45) is 3.95. The molecule has 0 radical (unpaired) electrons. The SMILES string of the molecule is O=C(Oc1ncnc2[nH]ccc12)C1CCNC1. The molecule has 1 unspecified atom stereocenters. The number of carbonyl (C=O) groups is 1. The fourth-order valence-corrected chi connectivity index (χ4v) is 1.96. The number of hydrogen-bond donors (Lipinski definition) is 2. The van der Waals surface area contributed by atoms with Gasteiger partial charge in [-0.2, -0.15) is 0 Å². The normalized spacial score (nSPS) is 19.6. The monoisotopic (exact) mass is 232 g/mol. The van der Waals surface area contributed by atoms with Crippen LogP contribution in [0.25, 0.3) is 11.0 Å². The van der Waals surface area contributed by atoms with Gasteiger partial charge in [-0.05, 0) is 19.0 Å². The highest BCUT2D eigenvalue weighted by Gasteiger charge is 2.25. The number of rotatable bonds is 2. The molecule has 2 aromatic heterocycles. The number of ether oxygens (including phenoxy) is 1. The fraction of sp³-hybridized carbons (Fsp3) is 0.364. The number of nitrogens with one attached hydrogen (secondary N) is 2. The molecular weight excluding hydrogens is 220 g/mol. The first-order valence-electron chi connectivity index (χ1n) is 5.55. The van der Waals surface area contributed by atoms with Gasteiger partial charge in [-0.15, -0.1) is 0 Å². The summed E-state index contributed by atoms with van der Waals surface area (Å²) in [6.45, 7) is 1.54. The van der Waals surface area contributed by atoms with Gasteiger partial charge in [0.05, 0.1) is 11.3 Å². The van der Waals surface area contributed by atoms with Crippen LogP contribution in [0.1, 0.15) is 6.42 Å². The van der Waals surface area contributed by atoms with Crippen molar-refractivity contribution in [2.45, 2.75) is 6.42 Å². The van der Waals surface area contributed by atoms with Crippen molar-refractivity contribution in [2.75, 3.05) is 13.1 Å². The van der Waals surface area contributed by atoms with Gasteiger partial charge in [-0.3, -0.25) is 4.79 Å². The van der Waals surface area contributed by atoms with E-state index in [1.54, 1.807) is 12.3 Å². The van der Waals surface area contributed by atoms with E-state index in [1.165, 1.54) is 6.33 Å². The third-order valence-electron chi connectivity index (χ3n) is 2.91. The summed E-state index contributed by atoms with van der Waals surface area (Å²) >= 11 is 0. The van der Waals surface area contributed by atoms with E-state index >= 15 is 0 Å². The molecule has 3 heterocycles. The van der Waals surface area contributed by atoms with Crippen LogP contribution in [0.3, 0.4) is 0 Å². The number of carbonyl (C=O) groups excluding carboxylic acids is 1. The van der Waals surface area contributed by atoms with E-state index in [0.717, 1.165) is 18.4 Å². The average Bonchev–Trinajstić information content (AvgIpc) is 3.00. The van der Waals surface area contributed by atoms with Crippen LogP contribution in [0.15, 0.2) is 18.6 Å². The number of esters is 1. The lowest BCUT2D eigenvalue weighted by atomic mass is 10.1. The summed E-state index contributed by atoms with van der Waals surface area (Å²) in [5, 5.41) is 3.86. The molecule has 6 nitrogen and oxygen atoms in total. The van der Waals surface area contributed by atoms with Crippen molar-refractivity contribution in [3.8, 4) is 5.88 Å². The zero-order valence-corrected chi connectivity index (χ0v) is 9.14. The van der Waals surface area contributed by atoms with Crippen LogP contribution in [-0.4, -0.2) is 34.0 Å². The Morgan fingerprint density at radius 3 is 3.24 bits per heavy atom. The maximum atomic E-state index is 11.8. The third-order valence-corrected chi connectivity index (χ3v) is 2.91. The number of aromatic nitrogens is 3. The Kier molecular flexibility index (Phi) is 2.49. The summed E-state index contributed by atoms with van der Waals surface area (Å²) in [7, 11) is 0. The minimum absolute atomic E-state index is 0.0704. The lowest BCUT2D eigenvalue weighted by molar-refractivity contribution is -0.138. The Morgan fingerprint density at radius 2 is 2.41 bits per heavy atom. The van der Waals surface area contributed by atoms with E-state index in [4.69, 9.17) is 4.74 Å². The summed E-state index contributed by atoms with van der Waals surface area (Å²) in [5.41, 5.74) is 0.673. The number of aromatic amines is 1. The van der Waals surface area contributed by atoms with Crippen LogP contribution in [0, 0.1) is 5.92 Å². The quantitative estimate of drug-likeness (QED) is 0.736. The molecule has 1 aliphatic rings. The van der Waals surface area contributed by atoms with Gasteiger partial charge in [0.2, 0.25) is 5.88 Å². The molecule has 0 amide bonds. The second-order valence-electron chi connectivity index (χ2n) is 4.03. The van der Waals surface area contributed by atoms with Gasteiger partial charge < -0.3 is 15.0 Å². The maximum Gasteiger partial charge on any atom is 0.317 e.